The van der Waals surface area contributed by atoms with Crippen LogP contribution in [0.2, 0.25) is 0 Å². The van der Waals surface area contributed by atoms with Crippen LogP contribution >= 0.6 is 11.3 Å². The second-order valence-corrected chi connectivity index (χ2v) is 3.70. The van der Waals surface area contributed by atoms with Gasteiger partial charge in [0.1, 0.15) is 5.00 Å². The third-order valence-corrected chi connectivity index (χ3v) is 2.39. The molecule has 5 heteroatoms. The van der Waals surface area contributed by atoms with E-state index in [0.29, 0.717) is 0 Å². The average Bonchev–Trinajstić information content (AvgIpc) is 2.71. The number of hydrogen-bond donors (Lipinski definition) is 2. The number of nitrogens with one attached hydrogen (secondary N) is 2. The van der Waals surface area contributed by atoms with Crippen molar-refractivity contribution in [3.05, 3.63) is 42.0 Å². The molecule has 2 amide bonds. The van der Waals surface area contributed by atoms with Crippen LogP contribution in [0.5, 0.6) is 0 Å². The van der Waals surface area contributed by atoms with Crippen LogP contribution in [0.25, 0.3) is 0 Å². The predicted molar refractivity (Wildman–Crippen MR) is 61.2 cm³/mol. The molecule has 76 valence electrons. The highest BCUT2D eigenvalue weighted by Crippen LogP contribution is 2.13. The minimum atomic E-state index is -0.259. The molecular weight excluding hydrogens is 210 g/mol. The Kier molecular flexibility index (Phi) is 2.94. The smallest absolute Gasteiger partial charge is 0.308 e. The molecule has 4 nitrogen and oxygen atoms in total. The van der Waals surface area contributed by atoms with E-state index in [-0.39, 0.29) is 6.03 Å². The topological polar surface area (TPSA) is 54.0 Å². The van der Waals surface area contributed by atoms with Gasteiger partial charge in [0.25, 0.3) is 0 Å². The average molecular weight is 219 g/mol. The highest BCUT2D eigenvalue weighted by molar-refractivity contribution is 7.14. The zero-order valence-corrected chi connectivity index (χ0v) is 8.62. The highest BCUT2D eigenvalue weighted by Gasteiger charge is 2.02. The number of amides is 2. The molecule has 0 aliphatic carbocycles. The molecule has 0 saturated heterocycles. The summed E-state index contributed by atoms with van der Waals surface area (Å²) in [5, 5.41) is 6.11. The standard InChI is InChI=1S/C10H9N3OS/c14-10(13-9-6-11-7-15-9)12-8-4-2-1-3-5-8/h1-7H,(H2,12,13,14). The van der Waals surface area contributed by atoms with Crippen LogP contribution in [0, 0.1) is 0 Å². The van der Waals surface area contributed by atoms with Gasteiger partial charge in [-0.2, -0.15) is 0 Å². The molecule has 0 fully saturated rings. The van der Waals surface area contributed by atoms with E-state index in [1.54, 1.807) is 11.7 Å². The Hall–Kier alpha value is -1.88. The van der Waals surface area contributed by atoms with Crippen LogP contribution in [-0.2, 0) is 0 Å². The molecule has 2 N–H and O–H groups in total. The molecule has 15 heavy (non-hydrogen) atoms. The van der Waals surface area contributed by atoms with Crippen molar-refractivity contribution in [3.8, 4) is 0 Å². The molecule has 0 aliphatic heterocycles. The Bertz CT molecular complexity index is 427. The van der Waals surface area contributed by atoms with E-state index >= 15 is 0 Å². The minimum Gasteiger partial charge on any atom is -0.308 e. The molecule has 2 rings (SSSR count). The van der Waals surface area contributed by atoms with E-state index in [4.69, 9.17) is 0 Å². The van der Waals surface area contributed by atoms with Gasteiger partial charge in [0, 0.05) is 5.69 Å². The minimum absolute atomic E-state index is 0.259. The summed E-state index contributed by atoms with van der Waals surface area (Å²) in [7, 11) is 0. The number of hydrogen-bond acceptors (Lipinski definition) is 3. The molecule has 0 spiro atoms. The Morgan fingerprint density at radius 2 is 2.00 bits per heavy atom. The van der Waals surface area contributed by atoms with Gasteiger partial charge in [-0.15, -0.1) is 11.3 Å². The van der Waals surface area contributed by atoms with Gasteiger partial charge >= 0.3 is 6.03 Å². The Morgan fingerprint density at radius 1 is 1.20 bits per heavy atom. The van der Waals surface area contributed by atoms with Crippen LogP contribution in [-0.4, -0.2) is 11.0 Å². The van der Waals surface area contributed by atoms with Gasteiger partial charge in [-0.25, -0.2) is 4.79 Å². The van der Waals surface area contributed by atoms with E-state index in [1.807, 2.05) is 30.3 Å². The SMILES string of the molecule is O=C(Nc1ccccc1)Nc1cncs1. The van der Waals surface area contributed by atoms with Crippen molar-refractivity contribution in [2.24, 2.45) is 0 Å². The first-order chi connectivity index (χ1) is 7.34. The van der Waals surface area contributed by atoms with Crippen LogP contribution < -0.4 is 10.6 Å². The molecule has 1 aromatic carbocycles. The lowest BCUT2D eigenvalue weighted by atomic mass is 10.3. The van der Waals surface area contributed by atoms with Crippen molar-refractivity contribution < 1.29 is 4.79 Å². The van der Waals surface area contributed by atoms with Gasteiger partial charge in [0.2, 0.25) is 0 Å². The number of rotatable bonds is 2. The molecule has 0 atom stereocenters. The maximum atomic E-state index is 11.4. The summed E-state index contributed by atoms with van der Waals surface area (Å²) in [5.41, 5.74) is 2.43. The predicted octanol–water partition coefficient (Wildman–Crippen LogP) is 2.79. The van der Waals surface area contributed by atoms with Crippen LogP contribution in [0.1, 0.15) is 0 Å². The summed E-state index contributed by atoms with van der Waals surface area (Å²) in [4.78, 5) is 15.3. The van der Waals surface area contributed by atoms with Crippen LogP contribution in [0.3, 0.4) is 0 Å². The van der Waals surface area contributed by atoms with Crippen LogP contribution in [0.4, 0.5) is 15.5 Å². The van der Waals surface area contributed by atoms with Gasteiger partial charge in [0.15, 0.2) is 0 Å². The molecular formula is C10H9N3OS. The lowest BCUT2D eigenvalue weighted by Gasteiger charge is -2.04. The second kappa shape index (κ2) is 4.56. The van der Waals surface area contributed by atoms with Crippen molar-refractivity contribution in [2.75, 3.05) is 10.6 Å². The molecule has 1 aromatic heterocycles. The van der Waals surface area contributed by atoms with E-state index in [2.05, 4.69) is 15.6 Å². The van der Waals surface area contributed by atoms with Gasteiger partial charge in [-0.3, -0.25) is 10.3 Å². The number of anilines is 2. The molecule has 0 bridgehead atoms. The first-order valence-corrected chi connectivity index (χ1v) is 5.24. The Labute approximate surface area is 91.0 Å². The monoisotopic (exact) mass is 219 g/mol. The Morgan fingerprint density at radius 3 is 2.67 bits per heavy atom. The van der Waals surface area contributed by atoms with Gasteiger partial charge < -0.3 is 5.32 Å². The Balaban J connectivity index is 1.94. The molecule has 2 aromatic rings. The summed E-state index contributed by atoms with van der Waals surface area (Å²) in [6.07, 6.45) is 1.61. The third kappa shape index (κ3) is 2.78. The number of urea groups is 1. The number of carbonyl (C=O) groups excluding carboxylic acids is 1. The van der Waals surface area contributed by atoms with Crippen molar-refractivity contribution >= 4 is 28.1 Å². The fourth-order valence-corrected chi connectivity index (χ4v) is 1.58. The molecule has 0 unspecified atom stereocenters. The number of para-hydroxylation sites is 1. The fourth-order valence-electron chi connectivity index (χ4n) is 1.07. The van der Waals surface area contributed by atoms with Crippen molar-refractivity contribution in [1.29, 1.82) is 0 Å². The number of carbonyl (C=O) groups is 1. The van der Waals surface area contributed by atoms with E-state index in [1.165, 1.54) is 11.3 Å². The quantitative estimate of drug-likeness (QED) is 0.816. The van der Waals surface area contributed by atoms with E-state index in [9.17, 15) is 4.79 Å². The maximum Gasteiger partial charge on any atom is 0.324 e. The molecule has 0 aliphatic rings. The fraction of sp³-hybridized carbons (Fsp3) is 0. The number of thiazole rings is 1. The maximum absolute atomic E-state index is 11.4. The molecule has 0 saturated carbocycles. The number of benzene rings is 1. The van der Waals surface area contributed by atoms with Crippen molar-refractivity contribution in [2.45, 2.75) is 0 Å². The van der Waals surface area contributed by atoms with Crippen LogP contribution in [0.15, 0.2) is 42.0 Å². The lowest BCUT2D eigenvalue weighted by molar-refractivity contribution is 0.262. The van der Waals surface area contributed by atoms with Crippen molar-refractivity contribution in [3.63, 3.8) is 0 Å². The zero-order chi connectivity index (χ0) is 10.5. The lowest BCUT2D eigenvalue weighted by Crippen LogP contribution is -2.18. The van der Waals surface area contributed by atoms with Gasteiger partial charge in [-0.05, 0) is 12.1 Å². The summed E-state index contributed by atoms with van der Waals surface area (Å²) in [6.45, 7) is 0. The highest BCUT2D eigenvalue weighted by atomic mass is 32.1. The summed E-state index contributed by atoms with van der Waals surface area (Å²) >= 11 is 1.38. The number of nitrogens with zero attached hydrogens (tertiary/aromatic N) is 1. The van der Waals surface area contributed by atoms with Gasteiger partial charge in [0.05, 0.1) is 11.7 Å². The largest absolute Gasteiger partial charge is 0.324 e. The molecule has 1 heterocycles. The number of aromatic nitrogens is 1. The summed E-state index contributed by atoms with van der Waals surface area (Å²) < 4.78 is 0. The summed E-state index contributed by atoms with van der Waals surface area (Å²) in [5.74, 6) is 0. The second-order valence-electron chi connectivity index (χ2n) is 2.81. The van der Waals surface area contributed by atoms with E-state index < -0.39 is 0 Å². The van der Waals surface area contributed by atoms with Gasteiger partial charge in [-0.1, -0.05) is 18.2 Å². The third-order valence-electron chi connectivity index (χ3n) is 1.70. The zero-order valence-electron chi connectivity index (χ0n) is 7.81. The first-order valence-electron chi connectivity index (χ1n) is 4.36. The first kappa shape index (κ1) is 9.67. The summed E-state index contributed by atoms with van der Waals surface area (Å²) in [6, 6.07) is 9.01. The van der Waals surface area contributed by atoms with Crippen molar-refractivity contribution in [1.82, 2.24) is 4.98 Å². The normalized spacial score (nSPS) is 9.60. The van der Waals surface area contributed by atoms with E-state index in [0.717, 1.165) is 10.7 Å². The molecule has 0 radical (unpaired) electrons.